The zero-order chi connectivity index (χ0) is 13.1. The molecule has 3 N–H and O–H groups in total. The minimum absolute atomic E-state index is 0.00417. The van der Waals surface area contributed by atoms with E-state index in [-0.39, 0.29) is 5.91 Å². The maximum absolute atomic E-state index is 12.2. The Morgan fingerprint density at radius 1 is 1.33 bits per heavy atom. The van der Waals surface area contributed by atoms with Crippen LogP contribution in [0, 0.1) is 12.8 Å². The van der Waals surface area contributed by atoms with Crippen LogP contribution in [0.3, 0.4) is 0 Å². The lowest BCUT2D eigenvalue weighted by Crippen LogP contribution is -2.38. The molecule has 2 rings (SSSR count). The molecular formula is C15H22N2O. The SMILES string of the molecule is Cc1cc(N)cc(C(=O)NC2CCCC(C)C2)c1. The summed E-state index contributed by atoms with van der Waals surface area (Å²) in [5, 5.41) is 3.13. The molecule has 1 aromatic carbocycles. The summed E-state index contributed by atoms with van der Waals surface area (Å²) < 4.78 is 0. The normalized spacial score (nSPS) is 23.7. The number of hydrogen-bond donors (Lipinski definition) is 2. The first-order valence-electron chi connectivity index (χ1n) is 6.72. The molecule has 1 fully saturated rings. The molecule has 2 atom stereocenters. The van der Waals surface area contributed by atoms with Crippen LogP contribution in [0.15, 0.2) is 18.2 Å². The molecule has 0 heterocycles. The summed E-state index contributed by atoms with van der Waals surface area (Å²) in [5.74, 6) is 0.719. The zero-order valence-corrected chi connectivity index (χ0v) is 11.2. The molecule has 0 saturated heterocycles. The molecule has 0 bridgehead atoms. The van der Waals surface area contributed by atoms with Gasteiger partial charge in [-0.1, -0.05) is 19.8 Å². The fraction of sp³-hybridized carbons (Fsp3) is 0.533. The molecule has 1 aromatic rings. The molecule has 0 aromatic heterocycles. The predicted octanol–water partition coefficient (Wildman–Crippen LogP) is 2.89. The summed E-state index contributed by atoms with van der Waals surface area (Å²) in [6.45, 7) is 4.21. The van der Waals surface area contributed by atoms with Gasteiger partial charge >= 0.3 is 0 Å². The minimum atomic E-state index is 0.00417. The van der Waals surface area contributed by atoms with E-state index in [2.05, 4.69) is 12.2 Å². The fourth-order valence-corrected chi connectivity index (χ4v) is 2.78. The van der Waals surface area contributed by atoms with Gasteiger partial charge < -0.3 is 11.1 Å². The van der Waals surface area contributed by atoms with E-state index >= 15 is 0 Å². The first kappa shape index (κ1) is 12.9. The van der Waals surface area contributed by atoms with Crippen molar-refractivity contribution in [3.05, 3.63) is 29.3 Å². The third kappa shape index (κ3) is 3.25. The lowest BCUT2D eigenvalue weighted by Gasteiger charge is -2.27. The third-order valence-electron chi connectivity index (χ3n) is 3.63. The lowest BCUT2D eigenvalue weighted by atomic mass is 9.87. The molecule has 18 heavy (non-hydrogen) atoms. The number of hydrogen-bond acceptors (Lipinski definition) is 2. The Morgan fingerprint density at radius 2 is 2.11 bits per heavy atom. The maximum atomic E-state index is 12.2. The summed E-state index contributed by atoms with van der Waals surface area (Å²) in [6, 6.07) is 5.83. The summed E-state index contributed by atoms with van der Waals surface area (Å²) >= 11 is 0. The quantitative estimate of drug-likeness (QED) is 0.788. The van der Waals surface area contributed by atoms with Crippen molar-refractivity contribution in [3.8, 4) is 0 Å². The minimum Gasteiger partial charge on any atom is -0.399 e. The number of nitrogens with two attached hydrogens (primary N) is 1. The van der Waals surface area contributed by atoms with Crippen molar-refractivity contribution in [2.24, 2.45) is 5.92 Å². The largest absolute Gasteiger partial charge is 0.399 e. The molecule has 0 aliphatic heterocycles. The van der Waals surface area contributed by atoms with Crippen LogP contribution in [0.25, 0.3) is 0 Å². The van der Waals surface area contributed by atoms with E-state index in [1.165, 1.54) is 12.8 Å². The van der Waals surface area contributed by atoms with E-state index in [9.17, 15) is 4.79 Å². The topological polar surface area (TPSA) is 55.1 Å². The van der Waals surface area contributed by atoms with Crippen LogP contribution in [0.1, 0.15) is 48.5 Å². The predicted molar refractivity (Wildman–Crippen MR) is 74.5 cm³/mol. The number of carbonyl (C=O) groups excluding carboxylic acids is 1. The number of rotatable bonds is 2. The van der Waals surface area contributed by atoms with Crippen molar-refractivity contribution in [2.75, 3.05) is 5.73 Å². The molecule has 1 saturated carbocycles. The molecule has 98 valence electrons. The summed E-state index contributed by atoms with van der Waals surface area (Å²) in [4.78, 5) is 12.2. The standard InChI is InChI=1S/C15H22N2O/c1-10-4-3-5-14(8-10)17-15(18)12-6-11(2)7-13(16)9-12/h6-7,9-10,14H,3-5,8,16H2,1-2H3,(H,17,18). The third-order valence-corrected chi connectivity index (χ3v) is 3.63. The van der Waals surface area contributed by atoms with Crippen LogP contribution in [0.2, 0.25) is 0 Å². The first-order valence-corrected chi connectivity index (χ1v) is 6.72. The van der Waals surface area contributed by atoms with Gasteiger partial charge in [-0.2, -0.15) is 0 Å². The highest BCUT2D eigenvalue weighted by Crippen LogP contribution is 2.23. The summed E-state index contributed by atoms with van der Waals surface area (Å²) in [6.07, 6.45) is 4.68. The average Bonchev–Trinajstić information content (AvgIpc) is 2.27. The van der Waals surface area contributed by atoms with E-state index < -0.39 is 0 Å². The number of anilines is 1. The monoisotopic (exact) mass is 246 g/mol. The number of benzene rings is 1. The molecule has 3 heteroatoms. The molecule has 1 amide bonds. The number of carbonyl (C=O) groups is 1. The number of amides is 1. The Morgan fingerprint density at radius 3 is 2.78 bits per heavy atom. The lowest BCUT2D eigenvalue weighted by molar-refractivity contribution is 0.0921. The van der Waals surface area contributed by atoms with Crippen LogP contribution >= 0.6 is 0 Å². The fourth-order valence-electron chi connectivity index (χ4n) is 2.78. The number of nitrogen functional groups attached to an aromatic ring is 1. The molecule has 1 aliphatic rings. The van der Waals surface area contributed by atoms with Gasteiger partial charge in [0.1, 0.15) is 0 Å². The van der Waals surface area contributed by atoms with Crippen molar-refractivity contribution >= 4 is 11.6 Å². The second kappa shape index (κ2) is 5.42. The van der Waals surface area contributed by atoms with Gasteiger partial charge in [-0.05, 0) is 49.4 Å². The van der Waals surface area contributed by atoms with Gasteiger partial charge in [-0.25, -0.2) is 0 Å². The Balaban J connectivity index is 2.02. The van der Waals surface area contributed by atoms with E-state index in [0.717, 1.165) is 18.4 Å². The van der Waals surface area contributed by atoms with Gasteiger partial charge in [-0.15, -0.1) is 0 Å². The Kier molecular flexibility index (Phi) is 3.90. The smallest absolute Gasteiger partial charge is 0.251 e. The van der Waals surface area contributed by atoms with Gasteiger partial charge in [0, 0.05) is 17.3 Å². The Labute approximate surface area is 109 Å². The summed E-state index contributed by atoms with van der Waals surface area (Å²) in [7, 11) is 0. The Hall–Kier alpha value is -1.51. The molecule has 3 nitrogen and oxygen atoms in total. The number of nitrogens with one attached hydrogen (secondary N) is 1. The molecule has 2 unspecified atom stereocenters. The van der Waals surface area contributed by atoms with E-state index in [1.807, 2.05) is 19.1 Å². The van der Waals surface area contributed by atoms with Gasteiger partial charge in [0.05, 0.1) is 0 Å². The Bertz CT molecular complexity index is 422. The van der Waals surface area contributed by atoms with Crippen molar-refractivity contribution in [1.29, 1.82) is 0 Å². The number of aryl methyl sites for hydroxylation is 1. The van der Waals surface area contributed by atoms with Crippen LogP contribution in [0.5, 0.6) is 0 Å². The van der Waals surface area contributed by atoms with Gasteiger partial charge in [0.15, 0.2) is 0 Å². The van der Waals surface area contributed by atoms with Crippen molar-refractivity contribution in [1.82, 2.24) is 5.32 Å². The zero-order valence-electron chi connectivity index (χ0n) is 11.2. The van der Waals surface area contributed by atoms with E-state index in [1.54, 1.807) is 6.07 Å². The van der Waals surface area contributed by atoms with Gasteiger partial charge in [0.25, 0.3) is 5.91 Å². The van der Waals surface area contributed by atoms with E-state index in [0.29, 0.717) is 23.2 Å². The van der Waals surface area contributed by atoms with Crippen molar-refractivity contribution in [2.45, 2.75) is 45.6 Å². The highest BCUT2D eigenvalue weighted by atomic mass is 16.1. The van der Waals surface area contributed by atoms with Crippen LogP contribution in [-0.2, 0) is 0 Å². The van der Waals surface area contributed by atoms with Crippen LogP contribution < -0.4 is 11.1 Å². The van der Waals surface area contributed by atoms with Gasteiger partial charge in [-0.3, -0.25) is 4.79 Å². The highest BCUT2D eigenvalue weighted by Gasteiger charge is 2.20. The van der Waals surface area contributed by atoms with Crippen LogP contribution in [-0.4, -0.2) is 11.9 Å². The average molecular weight is 246 g/mol. The molecule has 0 radical (unpaired) electrons. The second-order valence-electron chi connectivity index (χ2n) is 5.57. The molecule has 1 aliphatic carbocycles. The van der Waals surface area contributed by atoms with E-state index in [4.69, 9.17) is 5.73 Å². The van der Waals surface area contributed by atoms with Crippen LogP contribution in [0.4, 0.5) is 5.69 Å². The van der Waals surface area contributed by atoms with Gasteiger partial charge in [0.2, 0.25) is 0 Å². The van der Waals surface area contributed by atoms with Crippen molar-refractivity contribution < 1.29 is 4.79 Å². The highest BCUT2D eigenvalue weighted by molar-refractivity contribution is 5.95. The molecule has 0 spiro atoms. The first-order chi connectivity index (χ1) is 8.54. The summed E-state index contributed by atoms with van der Waals surface area (Å²) in [5.41, 5.74) is 8.12. The van der Waals surface area contributed by atoms with Crippen molar-refractivity contribution in [3.63, 3.8) is 0 Å². The molecular weight excluding hydrogens is 224 g/mol. The maximum Gasteiger partial charge on any atom is 0.251 e. The second-order valence-corrected chi connectivity index (χ2v) is 5.57.